The maximum atomic E-state index is 13.2. The van der Waals surface area contributed by atoms with E-state index in [1.165, 1.54) is 0 Å². The Balaban J connectivity index is 2.70. The Bertz CT molecular complexity index is 950. The molecule has 2 rings (SSSR count). The summed E-state index contributed by atoms with van der Waals surface area (Å²) in [6.45, 7) is 7.06. The predicted octanol–water partition coefficient (Wildman–Crippen LogP) is 4.35. The summed E-state index contributed by atoms with van der Waals surface area (Å²) < 4.78 is 44.7. The van der Waals surface area contributed by atoms with E-state index in [4.69, 9.17) is 9.84 Å². The number of hydrogen-bond donors (Lipinski definition) is 1. The molecule has 0 saturated carbocycles. The second kappa shape index (κ2) is 9.11. The van der Waals surface area contributed by atoms with Crippen LogP contribution in [0.5, 0.6) is 0 Å². The number of carbonyl (C=O) groups excluding carboxylic acids is 2. The van der Waals surface area contributed by atoms with Crippen LogP contribution in [0.1, 0.15) is 59.8 Å². The first-order valence-electron chi connectivity index (χ1n) is 9.88. The molecule has 9 heteroatoms. The zero-order valence-corrected chi connectivity index (χ0v) is 18.1. The fourth-order valence-electron chi connectivity index (χ4n) is 3.89. The number of alkyl halides is 3. The number of carboxylic acid groups (broad SMARTS) is 1. The summed E-state index contributed by atoms with van der Waals surface area (Å²) in [6, 6.07) is 0. The van der Waals surface area contributed by atoms with Crippen molar-refractivity contribution in [3.63, 3.8) is 0 Å². The summed E-state index contributed by atoms with van der Waals surface area (Å²) in [5.41, 5.74) is 3.04. The van der Waals surface area contributed by atoms with Crippen molar-refractivity contribution in [2.75, 3.05) is 11.9 Å². The number of benzene rings is 1. The number of allylic oxidation sites excluding steroid dienone is 2. The van der Waals surface area contributed by atoms with Gasteiger partial charge in [-0.1, -0.05) is 25.5 Å². The van der Waals surface area contributed by atoms with Gasteiger partial charge in [0.05, 0.1) is 17.7 Å². The second-order valence-corrected chi connectivity index (χ2v) is 7.73. The first-order chi connectivity index (χ1) is 14.3. The minimum atomic E-state index is -5.11. The second-order valence-electron chi connectivity index (χ2n) is 7.73. The maximum absolute atomic E-state index is 13.2. The molecule has 0 fully saturated rings. The van der Waals surface area contributed by atoms with Gasteiger partial charge in [0, 0.05) is 12.6 Å². The van der Waals surface area contributed by atoms with Crippen LogP contribution in [0.2, 0.25) is 0 Å². The predicted molar refractivity (Wildman–Crippen MR) is 108 cm³/mol. The van der Waals surface area contributed by atoms with Gasteiger partial charge in [0.1, 0.15) is 6.61 Å². The van der Waals surface area contributed by atoms with Gasteiger partial charge in [0.2, 0.25) is 0 Å². The van der Waals surface area contributed by atoms with Gasteiger partial charge in [0.15, 0.2) is 0 Å². The van der Waals surface area contributed by atoms with E-state index in [0.717, 1.165) is 23.7 Å². The van der Waals surface area contributed by atoms with Crippen molar-refractivity contribution in [3.8, 4) is 0 Å². The van der Waals surface area contributed by atoms with Crippen LogP contribution in [0.3, 0.4) is 0 Å². The van der Waals surface area contributed by atoms with E-state index in [1.807, 2.05) is 6.92 Å². The van der Waals surface area contributed by atoms with Crippen molar-refractivity contribution in [1.29, 1.82) is 0 Å². The number of nitrogens with zero attached hydrogens (tertiary/aromatic N) is 1. The average molecular weight is 441 g/mol. The van der Waals surface area contributed by atoms with Crippen LogP contribution >= 0.6 is 0 Å². The number of rotatable bonds is 7. The summed E-state index contributed by atoms with van der Waals surface area (Å²) >= 11 is 0. The lowest BCUT2D eigenvalue weighted by Gasteiger charge is -2.27. The van der Waals surface area contributed by atoms with E-state index in [9.17, 15) is 27.6 Å². The molecule has 1 aromatic carbocycles. The van der Waals surface area contributed by atoms with E-state index in [-0.39, 0.29) is 36.6 Å². The van der Waals surface area contributed by atoms with Gasteiger partial charge < -0.3 is 14.7 Å². The molecule has 0 spiro atoms. The normalized spacial score (nSPS) is 14.8. The monoisotopic (exact) mass is 441 g/mol. The van der Waals surface area contributed by atoms with Gasteiger partial charge in [-0.2, -0.15) is 13.2 Å². The lowest BCUT2D eigenvalue weighted by Crippen LogP contribution is -2.40. The quantitative estimate of drug-likeness (QED) is 0.502. The van der Waals surface area contributed by atoms with Gasteiger partial charge in [-0.15, -0.1) is 0 Å². The summed E-state index contributed by atoms with van der Waals surface area (Å²) in [5.74, 6) is -4.08. The number of carboxylic acids is 1. The summed E-state index contributed by atoms with van der Waals surface area (Å²) in [6.07, 6.45) is -2.84. The van der Waals surface area contributed by atoms with Crippen molar-refractivity contribution in [2.24, 2.45) is 5.92 Å². The van der Waals surface area contributed by atoms with Gasteiger partial charge in [-0.05, 0) is 49.3 Å². The number of ether oxygens (including phenoxy) is 1. The van der Waals surface area contributed by atoms with Crippen LogP contribution in [0, 0.1) is 12.8 Å². The molecule has 1 aliphatic rings. The van der Waals surface area contributed by atoms with Crippen molar-refractivity contribution in [3.05, 3.63) is 39.5 Å². The largest absolute Gasteiger partial charge is 0.481 e. The number of carbonyl (C=O) groups is 3. The van der Waals surface area contributed by atoms with Crippen LogP contribution in [0.15, 0.2) is 11.6 Å². The third kappa shape index (κ3) is 4.91. The van der Waals surface area contributed by atoms with Gasteiger partial charge in [-0.25, -0.2) is 4.79 Å². The molecule has 170 valence electrons. The van der Waals surface area contributed by atoms with E-state index >= 15 is 0 Å². The first kappa shape index (κ1) is 24.4. The van der Waals surface area contributed by atoms with Crippen LogP contribution in [0.4, 0.5) is 18.9 Å². The molecular formula is C22H26F3NO5. The fraction of sp³-hybridized carbons (Fsp3) is 0.500. The third-order valence-electron chi connectivity index (χ3n) is 5.77. The Hall–Kier alpha value is -2.84. The molecule has 1 atom stereocenters. The van der Waals surface area contributed by atoms with Crippen molar-refractivity contribution >= 4 is 23.5 Å². The van der Waals surface area contributed by atoms with Crippen molar-refractivity contribution in [2.45, 2.75) is 59.7 Å². The average Bonchev–Trinajstić information content (AvgIpc) is 3.05. The van der Waals surface area contributed by atoms with Crippen molar-refractivity contribution < 1.29 is 37.4 Å². The number of cyclic esters (lactones) is 1. The highest BCUT2D eigenvalue weighted by atomic mass is 19.4. The molecule has 1 amide bonds. The highest BCUT2D eigenvalue weighted by Gasteiger charge is 2.44. The van der Waals surface area contributed by atoms with Crippen LogP contribution < -0.4 is 4.90 Å². The zero-order chi connectivity index (χ0) is 23.7. The Kier molecular flexibility index (Phi) is 7.18. The molecule has 1 N–H and O–H groups in total. The van der Waals surface area contributed by atoms with Crippen LogP contribution in [-0.4, -0.2) is 36.2 Å². The molecule has 1 unspecified atom stereocenters. The lowest BCUT2D eigenvalue weighted by molar-refractivity contribution is -0.170. The molecule has 6 nitrogen and oxygen atoms in total. The molecule has 1 aliphatic heterocycles. The third-order valence-corrected chi connectivity index (χ3v) is 5.77. The first-order valence-corrected chi connectivity index (χ1v) is 9.88. The smallest absolute Gasteiger partial charge is 0.471 e. The number of esters is 1. The molecule has 1 aromatic rings. The Labute approximate surface area is 178 Å². The zero-order valence-electron chi connectivity index (χ0n) is 18.1. The maximum Gasteiger partial charge on any atom is 0.471 e. The van der Waals surface area contributed by atoms with Crippen molar-refractivity contribution in [1.82, 2.24) is 0 Å². The molecule has 0 aliphatic carbocycles. The van der Waals surface area contributed by atoms with Gasteiger partial charge in [0.25, 0.3) is 0 Å². The van der Waals surface area contributed by atoms with Gasteiger partial charge in [-0.3, -0.25) is 9.59 Å². The highest BCUT2D eigenvalue weighted by Crippen LogP contribution is 2.40. The molecule has 0 aromatic heterocycles. The Morgan fingerprint density at radius 2 is 1.90 bits per heavy atom. The van der Waals surface area contributed by atoms with Gasteiger partial charge >= 0.3 is 24.0 Å². The minimum absolute atomic E-state index is 0.0190. The number of hydrogen-bond acceptors (Lipinski definition) is 4. The van der Waals surface area contributed by atoms with E-state index in [2.05, 4.69) is 0 Å². The molecular weight excluding hydrogens is 415 g/mol. The number of anilines is 1. The number of aliphatic carboxylic acids is 1. The van der Waals surface area contributed by atoms with Crippen LogP contribution in [0.25, 0.3) is 0 Å². The van der Waals surface area contributed by atoms with E-state index < -0.39 is 24.0 Å². The molecule has 0 saturated heterocycles. The SMILES string of the molecule is CCc1c(C)c2c(c(N(C)C(=O)C(F)(F)F)c1C/C=C(\C)C(C)CC(=O)O)C(=O)OC2. The molecule has 31 heavy (non-hydrogen) atoms. The minimum Gasteiger partial charge on any atom is -0.481 e. The summed E-state index contributed by atoms with van der Waals surface area (Å²) in [7, 11) is 0.999. The molecule has 0 radical (unpaired) electrons. The Morgan fingerprint density at radius 3 is 2.42 bits per heavy atom. The number of halogens is 3. The highest BCUT2D eigenvalue weighted by molar-refractivity contribution is 6.07. The summed E-state index contributed by atoms with van der Waals surface area (Å²) in [5, 5.41) is 9.00. The Morgan fingerprint density at radius 1 is 1.29 bits per heavy atom. The fourth-order valence-corrected chi connectivity index (χ4v) is 3.89. The standard InChI is InChI=1S/C22H26F3NO5/c1-6-14-13(4)16-10-31-20(29)18(16)19(26(5)21(30)22(23,24)25)15(14)8-7-11(2)12(3)9-17(27)28/h7,12H,6,8-10H2,1-5H3,(H,27,28)/b11-7+. The van der Waals surface area contributed by atoms with E-state index in [0.29, 0.717) is 22.4 Å². The topological polar surface area (TPSA) is 83.9 Å². The van der Waals surface area contributed by atoms with Crippen LogP contribution in [-0.2, 0) is 33.8 Å². The molecule has 0 bridgehead atoms. The van der Waals surface area contributed by atoms with E-state index in [1.54, 1.807) is 26.8 Å². The number of fused-ring (bicyclic) bond motifs is 1. The lowest BCUT2D eigenvalue weighted by atomic mass is 9.87. The summed E-state index contributed by atoms with van der Waals surface area (Å²) in [4.78, 5) is 35.9. The number of amides is 1. The molecule has 1 heterocycles.